The monoisotopic (exact) mass is 417 g/mol. The number of guanidine groups is 1. The Kier molecular flexibility index (Phi) is 7.58. The standard InChI is InChI=1S/C15H19N3O3.HI/c1-16-15(17-10-12-5-4-8-21-12)18-11-6-7-13(19-2)14(9-11)20-3;/h4-9H,10H2,1-3H3,(H2,16,17,18);1H. The molecular formula is C15H20IN3O3. The van der Waals surface area contributed by atoms with Crippen molar-refractivity contribution in [2.75, 3.05) is 26.6 Å². The lowest BCUT2D eigenvalue weighted by molar-refractivity contribution is 0.355. The normalized spacial score (nSPS) is 10.6. The maximum absolute atomic E-state index is 5.27. The minimum absolute atomic E-state index is 0. The lowest BCUT2D eigenvalue weighted by atomic mass is 10.3. The van der Waals surface area contributed by atoms with Crippen molar-refractivity contribution in [3.8, 4) is 11.5 Å². The first-order valence-electron chi connectivity index (χ1n) is 6.49. The van der Waals surface area contributed by atoms with Crippen LogP contribution < -0.4 is 20.1 Å². The SMILES string of the molecule is CN=C(NCc1ccco1)Nc1ccc(OC)c(OC)c1.I. The molecule has 0 aliphatic carbocycles. The molecule has 1 heterocycles. The van der Waals surface area contributed by atoms with E-state index in [4.69, 9.17) is 13.9 Å². The van der Waals surface area contributed by atoms with Crippen molar-refractivity contribution in [3.05, 3.63) is 42.4 Å². The molecule has 2 rings (SSSR count). The zero-order chi connectivity index (χ0) is 15.1. The van der Waals surface area contributed by atoms with Gasteiger partial charge in [-0.05, 0) is 24.3 Å². The number of methoxy groups -OCH3 is 2. The van der Waals surface area contributed by atoms with Crippen molar-refractivity contribution >= 4 is 35.6 Å². The first-order valence-corrected chi connectivity index (χ1v) is 6.49. The lowest BCUT2D eigenvalue weighted by Crippen LogP contribution is -2.30. The topological polar surface area (TPSA) is 68.0 Å². The summed E-state index contributed by atoms with van der Waals surface area (Å²) in [6.45, 7) is 0.556. The van der Waals surface area contributed by atoms with Crippen LogP contribution in [0.25, 0.3) is 0 Å². The van der Waals surface area contributed by atoms with E-state index in [0.29, 0.717) is 24.0 Å². The molecule has 2 N–H and O–H groups in total. The van der Waals surface area contributed by atoms with Crippen molar-refractivity contribution in [1.29, 1.82) is 0 Å². The molecule has 1 aromatic heterocycles. The highest BCUT2D eigenvalue weighted by Crippen LogP contribution is 2.29. The van der Waals surface area contributed by atoms with Crippen LogP contribution in [0.15, 0.2) is 46.0 Å². The third kappa shape index (κ3) is 4.83. The highest BCUT2D eigenvalue weighted by atomic mass is 127. The minimum atomic E-state index is 0. The molecule has 6 nitrogen and oxygen atoms in total. The van der Waals surface area contributed by atoms with Gasteiger partial charge in [0.25, 0.3) is 0 Å². The highest BCUT2D eigenvalue weighted by molar-refractivity contribution is 14.0. The van der Waals surface area contributed by atoms with E-state index in [1.807, 2.05) is 30.3 Å². The van der Waals surface area contributed by atoms with Crippen molar-refractivity contribution in [3.63, 3.8) is 0 Å². The molecule has 1 aromatic carbocycles. The quantitative estimate of drug-likeness (QED) is 0.445. The fourth-order valence-electron chi connectivity index (χ4n) is 1.81. The Balaban J connectivity index is 0.00000242. The molecule has 22 heavy (non-hydrogen) atoms. The Morgan fingerprint density at radius 2 is 1.95 bits per heavy atom. The van der Waals surface area contributed by atoms with Gasteiger partial charge in [-0.25, -0.2) is 0 Å². The predicted octanol–water partition coefficient (Wildman–Crippen LogP) is 3.10. The van der Waals surface area contributed by atoms with E-state index >= 15 is 0 Å². The second-order valence-electron chi connectivity index (χ2n) is 4.20. The number of anilines is 1. The average molecular weight is 417 g/mol. The maximum Gasteiger partial charge on any atom is 0.195 e. The Morgan fingerprint density at radius 3 is 2.55 bits per heavy atom. The van der Waals surface area contributed by atoms with Gasteiger partial charge in [0.15, 0.2) is 17.5 Å². The molecule has 0 unspecified atom stereocenters. The molecule has 0 atom stereocenters. The summed E-state index contributed by atoms with van der Waals surface area (Å²) in [6.07, 6.45) is 1.64. The third-order valence-electron chi connectivity index (χ3n) is 2.88. The molecule has 0 radical (unpaired) electrons. The van der Waals surface area contributed by atoms with E-state index in [9.17, 15) is 0 Å². The van der Waals surface area contributed by atoms with Crippen molar-refractivity contribution in [2.45, 2.75) is 6.54 Å². The van der Waals surface area contributed by atoms with Gasteiger partial charge >= 0.3 is 0 Å². The molecule has 7 heteroatoms. The van der Waals surface area contributed by atoms with Gasteiger partial charge < -0.3 is 24.5 Å². The summed E-state index contributed by atoms with van der Waals surface area (Å²) in [4.78, 5) is 4.16. The number of ether oxygens (including phenoxy) is 2. The molecule has 0 saturated carbocycles. The summed E-state index contributed by atoms with van der Waals surface area (Å²) in [5.74, 6) is 2.81. The maximum atomic E-state index is 5.27. The van der Waals surface area contributed by atoms with Crippen LogP contribution in [0.4, 0.5) is 5.69 Å². The summed E-state index contributed by atoms with van der Waals surface area (Å²) in [5, 5.41) is 6.34. The first-order chi connectivity index (χ1) is 10.3. The molecular weight excluding hydrogens is 397 g/mol. The number of rotatable bonds is 5. The first kappa shape index (κ1) is 18.1. The highest BCUT2D eigenvalue weighted by Gasteiger charge is 2.06. The van der Waals surface area contributed by atoms with Crippen LogP contribution in [-0.2, 0) is 6.54 Å². The second-order valence-corrected chi connectivity index (χ2v) is 4.20. The number of hydrogen-bond acceptors (Lipinski definition) is 4. The number of benzene rings is 1. The van der Waals surface area contributed by atoms with E-state index in [0.717, 1.165) is 11.4 Å². The number of furan rings is 1. The van der Waals surface area contributed by atoms with E-state index in [2.05, 4.69) is 15.6 Å². The van der Waals surface area contributed by atoms with Gasteiger partial charge in [-0.3, -0.25) is 4.99 Å². The van der Waals surface area contributed by atoms with Crippen LogP contribution in [0, 0.1) is 0 Å². The third-order valence-corrected chi connectivity index (χ3v) is 2.88. The van der Waals surface area contributed by atoms with Gasteiger partial charge in [-0.2, -0.15) is 0 Å². The molecule has 120 valence electrons. The van der Waals surface area contributed by atoms with E-state index < -0.39 is 0 Å². The Morgan fingerprint density at radius 1 is 1.18 bits per heavy atom. The van der Waals surface area contributed by atoms with Crippen LogP contribution in [0.2, 0.25) is 0 Å². The van der Waals surface area contributed by atoms with Crippen LogP contribution >= 0.6 is 24.0 Å². The van der Waals surface area contributed by atoms with E-state index in [-0.39, 0.29) is 24.0 Å². The molecule has 2 aromatic rings. The van der Waals surface area contributed by atoms with E-state index in [1.165, 1.54) is 0 Å². The Labute approximate surface area is 146 Å². The number of hydrogen-bond donors (Lipinski definition) is 2. The predicted molar refractivity (Wildman–Crippen MR) is 97.5 cm³/mol. The Bertz CT molecular complexity index is 600. The van der Waals surface area contributed by atoms with Crippen molar-refractivity contribution in [1.82, 2.24) is 5.32 Å². The minimum Gasteiger partial charge on any atom is -0.493 e. The van der Waals surface area contributed by atoms with Crippen LogP contribution in [0.1, 0.15) is 5.76 Å². The number of nitrogens with one attached hydrogen (secondary N) is 2. The average Bonchev–Trinajstić information content (AvgIpc) is 3.04. The molecule has 0 spiro atoms. The Hall–Kier alpha value is -1.90. The van der Waals surface area contributed by atoms with E-state index in [1.54, 1.807) is 27.5 Å². The summed E-state index contributed by atoms with van der Waals surface area (Å²) >= 11 is 0. The summed E-state index contributed by atoms with van der Waals surface area (Å²) in [6, 6.07) is 9.32. The van der Waals surface area contributed by atoms with Crippen molar-refractivity contribution in [2.24, 2.45) is 4.99 Å². The fourth-order valence-corrected chi connectivity index (χ4v) is 1.81. The zero-order valence-electron chi connectivity index (χ0n) is 12.8. The van der Waals surface area contributed by atoms with Gasteiger partial charge in [0.05, 0.1) is 27.0 Å². The molecule has 0 aliphatic rings. The fraction of sp³-hybridized carbons (Fsp3) is 0.267. The van der Waals surface area contributed by atoms with Gasteiger partial charge in [-0.1, -0.05) is 0 Å². The summed E-state index contributed by atoms with van der Waals surface area (Å²) < 4.78 is 15.7. The zero-order valence-corrected chi connectivity index (χ0v) is 15.1. The molecule has 0 saturated heterocycles. The van der Waals surface area contributed by atoms with Crippen molar-refractivity contribution < 1.29 is 13.9 Å². The molecule has 0 amide bonds. The molecule has 0 bridgehead atoms. The number of halogens is 1. The van der Waals surface area contributed by atoms with Crippen LogP contribution in [0.5, 0.6) is 11.5 Å². The van der Waals surface area contributed by atoms with Gasteiger partial charge in [0.2, 0.25) is 0 Å². The van der Waals surface area contributed by atoms with Gasteiger partial charge in [-0.15, -0.1) is 24.0 Å². The summed E-state index contributed by atoms with van der Waals surface area (Å²) in [7, 11) is 4.92. The number of nitrogens with zero attached hydrogens (tertiary/aromatic N) is 1. The van der Waals surface area contributed by atoms with Gasteiger partial charge in [0, 0.05) is 18.8 Å². The molecule has 0 aliphatic heterocycles. The molecule has 0 fully saturated rings. The van der Waals surface area contributed by atoms with Gasteiger partial charge in [0.1, 0.15) is 5.76 Å². The largest absolute Gasteiger partial charge is 0.493 e. The smallest absolute Gasteiger partial charge is 0.195 e. The second kappa shape index (κ2) is 9.19. The van der Waals surface area contributed by atoms with Crippen LogP contribution in [-0.4, -0.2) is 27.2 Å². The lowest BCUT2D eigenvalue weighted by Gasteiger charge is -2.13. The number of aliphatic imine (C=N–C) groups is 1. The summed E-state index contributed by atoms with van der Waals surface area (Å²) in [5.41, 5.74) is 0.847. The van der Waals surface area contributed by atoms with Crippen LogP contribution in [0.3, 0.4) is 0 Å².